The van der Waals surface area contributed by atoms with Gasteiger partial charge in [-0.2, -0.15) is 10.1 Å². The lowest BCUT2D eigenvalue weighted by Crippen LogP contribution is -2.22. The highest BCUT2D eigenvalue weighted by atomic mass is 32.1. The molecule has 4 nitrogen and oxygen atoms in total. The van der Waals surface area contributed by atoms with E-state index >= 15 is 0 Å². The van der Waals surface area contributed by atoms with Crippen molar-refractivity contribution in [3.8, 4) is 0 Å². The van der Waals surface area contributed by atoms with Gasteiger partial charge in [0.15, 0.2) is 0 Å². The van der Waals surface area contributed by atoms with Crippen LogP contribution in [-0.2, 0) is 4.79 Å². The van der Waals surface area contributed by atoms with Gasteiger partial charge < -0.3 is 0 Å². The van der Waals surface area contributed by atoms with Crippen LogP contribution in [0.3, 0.4) is 0 Å². The molecule has 0 saturated carbocycles. The molecule has 2 rings (SSSR count). The molecule has 0 radical (unpaired) electrons. The van der Waals surface area contributed by atoms with E-state index in [1.807, 2.05) is 42.6 Å². The Labute approximate surface area is 110 Å². The second-order valence-corrected chi connectivity index (χ2v) is 4.59. The first kappa shape index (κ1) is 12.4. The normalized spacial score (nSPS) is 10.8. The van der Waals surface area contributed by atoms with Gasteiger partial charge in [-0.15, -0.1) is 11.3 Å². The minimum atomic E-state index is -0.156. The van der Waals surface area contributed by atoms with E-state index in [9.17, 15) is 4.79 Å². The first-order valence-electron chi connectivity index (χ1n) is 5.48. The lowest BCUT2D eigenvalue weighted by Gasteiger charge is -2.10. The summed E-state index contributed by atoms with van der Waals surface area (Å²) in [7, 11) is 0. The van der Waals surface area contributed by atoms with E-state index in [1.165, 1.54) is 23.3 Å². The average molecular weight is 259 g/mol. The predicted molar refractivity (Wildman–Crippen MR) is 74.0 cm³/mol. The van der Waals surface area contributed by atoms with Crippen LogP contribution in [0.1, 0.15) is 18.2 Å². The fourth-order valence-corrected chi connectivity index (χ4v) is 2.17. The fourth-order valence-electron chi connectivity index (χ4n) is 1.37. The highest BCUT2D eigenvalue weighted by molar-refractivity contribution is 7.14. The Bertz CT molecular complexity index is 563. The molecule has 0 aliphatic carbocycles. The van der Waals surface area contributed by atoms with Crippen molar-refractivity contribution in [2.24, 2.45) is 5.10 Å². The second kappa shape index (κ2) is 5.55. The van der Waals surface area contributed by atoms with Crippen LogP contribution in [0.5, 0.6) is 0 Å². The Morgan fingerprint density at radius 2 is 2.11 bits per heavy atom. The lowest BCUT2D eigenvalue weighted by molar-refractivity contribution is -0.116. The van der Waals surface area contributed by atoms with Crippen molar-refractivity contribution in [3.63, 3.8) is 0 Å². The lowest BCUT2D eigenvalue weighted by atomic mass is 10.2. The molecule has 0 aliphatic heterocycles. The smallest absolute Gasteiger partial charge is 0.246 e. The van der Waals surface area contributed by atoms with Crippen LogP contribution >= 0.6 is 11.3 Å². The number of anilines is 1. The molecule has 18 heavy (non-hydrogen) atoms. The molecule has 1 amide bonds. The monoisotopic (exact) mass is 259 g/mol. The maximum atomic E-state index is 11.6. The number of hydrogen-bond acceptors (Lipinski definition) is 4. The van der Waals surface area contributed by atoms with E-state index in [2.05, 4.69) is 10.1 Å². The number of carbonyl (C=O) groups is 1. The average Bonchev–Trinajstić information content (AvgIpc) is 2.77. The van der Waals surface area contributed by atoms with E-state index in [0.29, 0.717) is 5.13 Å². The van der Waals surface area contributed by atoms with E-state index < -0.39 is 0 Å². The largest absolute Gasteiger partial charge is 0.273 e. The van der Waals surface area contributed by atoms with E-state index in [1.54, 1.807) is 6.21 Å². The quantitative estimate of drug-likeness (QED) is 0.628. The van der Waals surface area contributed by atoms with Gasteiger partial charge >= 0.3 is 0 Å². The number of amides is 1. The number of nitrogens with zero attached hydrogens (tertiary/aromatic N) is 3. The summed E-state index contributed by atoms with van der Waals surface area (Å²) in [5, 5.41) is 7.98. The van der Waals surface area contributed by atoms with Crippen LogP contribution < -0.4 is 5.01 Å². The van der Waals surface area contributed by atoms with Crippen LogP contribution in [0.15, 0.2) is 40.8 Å². The zero-order chi connectivity index (χ0) is 13.0. The molecule has 0 unspecified atom stereocenters. The molecule has 0 spiro atoms. The van der Waals surface area contributed by atoms with E-state index in [4.69, 9.17) is 0 Å². The van der Waals surface area contributed by atoms with Gasteiger partial charge in [-0.05, 0) is 12.5 Å². The fraction of sp³-hybridized carbons (Fsp3) is 0.154. The maximum absolute atomic E-state index is 11.6. The number of hydrazone groups is 1. The third-order valence-corrected chi connectivity index (χ3v) is 3.14. The summed E-state index contributed by atoms with van der Waals surface area (Å²) in [4.78, 5) is 15.8. The summed E-state index contributed by atoms with van der Waals surface area (Å²) >= 11 is 1.40. The Balaban J connectivity index is 2.22. The van der Waals surface area contributed by atoms with Crippen molar-refractivity contribution >= 4 is 28.6 Å². The van der Waals surface area contributed by atoms with Crippen LogP contribution in [0.2, 0.25) is 0 Å². The number of thiazole rings is 1. The van der Waals surface area contributed by atoms with E-state index in [-0.39, 0.29) is 5.91 Å². The molecule has 0 aliphatic rings. The molecule has 1 heterocycles. The molecule has 5 heteroatoms. The number of rotatable bonds is 3. The van der Waals surface area contributed by atoms with Crippen LogP contribution in [0, 0.1) is 6.92 Å². The first-order valence-corrected chi connectivity index (χ1v) is 6.36. The van der Waals surface area contributed by atoms with Crippen molar-refractivity contribution in [2.45, 2.75) is 13.8 Å². The molecule has 0 saturated heterocycles. The van der Waals surface area contributed by atoms with Gasteiger partial charge in [0.1, 0.15) is 0 Å². The zero-order valence-electron chi connectivity index (χ0n) is 10.2. The maximum Gasteiger partial charge on any atom is 0.246 e. The van der Waals surface area contributed by atoms with Gasteiger partial charge in [0.2, 0.25) is 11.0 Å². The Kier molecular flexibility index (Phi) is 3.84. The predicted octanol–water partition coefficient (Wildman–Crippen LogP) is 2.84. The number of aromatic nitrogens is 1. The summed E-state index contributed by atoms with van der Waals surface area (Å²) in [5.74, 6) is -0.156. The van der Waals surface area contributed by atoms with Crippen molar-refractivity contribution in [1.82, 2.24) is 4.98 Å². The van der Waals surface area contributed by atoms with Gasteiger partial charge in [-0.3, -0.25) is 4.79 Å². The van der Waals surface area contributed by atoms with Crippen LogP contribution in [0.4, 0.5) is 5.13 Å². The molecular weight excluding hydrogens is 246 g/mol. The van der Waals surface area contributed by atoms with Crippen LogP contribution in [0.25, 0.3) is 0 Å². The standard InChI is InChI=1S/C13H13N3OS/c1-10-9-18-13(15-10)16(11(2)17)14-8-12-6-4-3-5-7-12/h3-9H,1-2H3. The summed E-state index contributed by atoms with van der Waals surface area (Å²) in [6.07, 6.45) is 1.65. The van der Waals surface area contributed by atoms with E-state index in [0.717, 1.165) is 11.3 Å². The number of aryl methyl sites for hydroxylation is 1. The van der Waals surface area contributed by atoms with Gasteiger partial charge in [-0.25, -0.2) is 4.98 Å². The number of benzene rings is 1. The number of hydrogen-bond donors (Lipinski definition) is 0. The molecule has 92 valence electrons. The third kappa shape index (κ3) is 3.01. The van der Waals surface area contributed by atoms with Gasteiger partial charge in [0.25, 0.3) is 0 Å². The van der Waals surface area contributed by atoms with Crippen molar-refractivity contribution < 1.29 is 4.79 Å². The molecule has 1 aromatic heterocycles. The summed E-state index contributed by atoms with van der Waals surface area (Å²) in [6, 6.07) is 9.63. The highest BCUT2D eigenvalue weighted by Crippen LogP contribution is 2.20. The third-order valence-electron chi connectivity index (χ3n) is 2.21. The molecule has 0 N–H and O–H groups in total. The highest BCUT2D eigenvalue weighted by Gasteiger charge is 2.13. The van der Waals surface area contributed by atoms with Crippen molar-refractivity contribution in [1.29, 1.82) is 0 Å². The summed E-state index contributed by atoms with van der Waals surface area (Å²) in [5.41, 5.74) is 1.83. The molecular formula is C13H13N3OS. The molecule has 0 bridgehead atoms. The Morgan fingerprint density at radius 1 is 1.39 bits per heavy atom. The SMILES string of the molecule is CC(=O)N(N=Cc1ccccc1)c1nc(C)cs1. The molecule has 0 atom stereocenters. The van der Waals surface area contributed by atoms with Gasteiger partial charge in [0.05, 0.1) is 11.9 Å². The molecule has 2 aromatic rings. The molecule has 0 fully saturated rings. The number of carbonyl (C=O) groups excluding carboxylic acids is 1. The summed E-state index contributed by atoms with van der Waals surface area (Å²) < 4.78 is 0. The Morgan fingerprint density at radius 3 is 2.67 bits per heavy atom. The first-order chi connectivity index (χ1) is 8.66. The minimum Gasteiger partial charge on any atom is -0.273 e. The van der Waals surface area contributed by atoms with Crippen molar-refractivity contribution in [2.75, 3.05) is 5.01 Å². The molecule has 1 aromatic carbocycles. The zero-order valence-corrected chi connectivity index (χ0v) is 11.0. The summed E-state index contributed by atoms with van der Waals surface area (Å²) in [6.45, 7) is 3.36. The van der Waals surface area contributed by atoms with Crippen molar-refractivity contribution in [3.05, 3.63) is 47.0 Å². The van der Waals surface area contributed by atoms with Gasteiger partial charge in [0, 0.05) is 12.3 Å². The van der Waals surface area contributed by atoms with Gasteiger partial charge in [-0.1, -0.05) is 30.3 Å². The topological polar surface area (TPSA) is 45.6 Å². The van der Waals surface area contributed by atoms with Crippen LogP contribution in [-0.4, -0.2) is 17.1 Å². The minimum absolute atomic E-state index is 0.156. The Hall–Kier alpha value is -2.01. The second-order valence-electron chi connectivity index (χ2n) is 3.76.